The fourth-order valence-electron chi connectivity index (χ4n) is 4.35. The summed E-state index contributed by atoms with van der Waals surface area (Å²) in [5.74, 6) is -0.0642. The zero-order valence-electron chi connectivity index (χ0n) is 22.5. The molecule has 1 saturated heterocycles. The molecule has 38 heavy (non-hydrogen) atoms. The van der Waals surface area contributed by atoms with E-state index in [1.807, 2.05) is 6.92 Å². The van der Waals surface area contributed by atoms with Crippen molar-refractivity contribution in [2.24, 2.45) is 5.92 Å². The minimum absolute atomic E-state index is 0.0829. The molecule has 1 amide bonds. The number of hydrogen-bond donors (Lipinski definition) is 2. The first-order valence-corrected chi connectivity index (χ1v) is 14.2. The van der Waals surface area contributed by atoms with Crippen molar-refractivity contribution in [2.75, 3.05) is 32.8 Å². The van der Waals surface area contributed by atoms with Crippen LogP contribution in [0.1, 0.15) is 33.3 Å². The molecule has 1 fully saturated rings. The number of nitrogens with one attached hydrogen (secondary N) is 2. The molecule has 1 aliphatic rings. The third-order valence-corrected chi connectivity index (χ3v) is 7.21. The average molecular weight is 554 g/mol. The van der Waals surface area contributed by atoms with Crippen molar-refractivity contribution in [1.82, 2.24) is 14.9 Å². The minimum atomic E-state index is -4.06. The predicted octanol–water partition coefficient (Wildman–Crippen LogP) is 4.10. The maximum atomic E-state index is 15.8. The molecule has 3 atom stereocenters. The number of nitrogens with zero attached hydrogens (tertiary/aromatic N) is 1. The third kappa shape index (κ3) is 7.87. The SMILES string of the molecule is CC1CNC(Cc2cccc(-c3ccccc3OCCN(C)C(=O)OC(C)(C)C)c2F)C1NS(=O)(=O)CF. The first-order valence-electron chi connectivity index (χ1n) is 12.5. The molecule has 0 spiro atoms. The Balaban J connectivity index is 1.74. The van der Waals surface area contributed by atoms with Crippen molar-refractivity contribution in [3.05, 3.63) is 53.8 Å². The summed E-state index contributed by atoms with van der Waals surface area (Å²) >= 11 is 0. The number of carbonyl (C=O) groups is 1. The quantitative estimate of drug-likeness (QED) is 0.460. The zero-order valence-corrected chi connectivity index (χ0v) is 23.3. The lowest BCUT2D eigenvalue weighted by atomic mass is 9.93. The van der Waals surface area contributed by atoms with Gasteiger partial charge in [-0.2, -0.15) is 0 Å². The Hall–Kier alpha value is -2.76. The van der Waals surface area contributed by atoms with E-state index in [1.54, 1.807) is 70.3 Å². The number of alkyl halides is 1. The first-order chi connectivity index (χ1) is 17.8. The number of halogens is 2. The van der Waals surface area contributed by atoms with E-state index in [1.165, 1.54) is 4.90 Å². The molecule has 0 aliphatic carbocycles. The molecule has 8 nitrogen and oxygen atoms in total. The van der Waals surface area contributed by atoms with Crippen LogP contribution in [0.4, 0.5) is 13.6 Å². The van der Waals surface area contributed by atoms with E-state index in [0.717, 1.165) is 0 Å². The fourth-order valence-corrected chi connectivity index (χ4v) is 5.22. The van der Waals surface area contributed by atoms with E-state index in [2.05, 4.69) is 10.0 Å². The monoisotopic (exact) mass is 553 g/mol. The van der Waals surface area contributed by atoms with Crippen LogP contribution in [0.15, 0.2) is 42.5 Å². The van der Waals surface area contributed by atoms with Crippen LogP contribution < -0.4 is 14.8 Å². The van der Waals surface area contributed by atoms with E-state index in [4.69, 9.17) is 9.47 Å². The van der Waals surface area contributed by atoms with Gasteiger partial charge in [0.25, 0.3) is 0 Å². The molecule has 2 aromatic carbocycles. The lowest BCUT2D eigenvalue weighted by Gasteiger charge is -2.25. The van der Waals surface area contributed by atoms with Gasteiger partial charge in [0.2, 0.25) is 16.0 Å². The number of benzene rings is 2. The van der Waals surface area contributed by atoms with Crippen LogP contribution in [0, 0.1) is 11.7 Å². The van der Waals surface area contributed by atoms with Crippen LogP contribution in [0.3, 0.4) is 0 Å². The molecule has 1 heterocycles. The highest BCUT2D eigenvalue weighted by Crippen LogP contribution is 2.34. The molecule has 210 valence electrons. The van der Waals surface area contributed by atoms with Crippen molar-refractivity contribution in [2.45, 2.75) is 51.8 Å². The van der Waals surface area contributed by atoms with E-state index < -0.39 is 45.6 Å². The summed E-state index contributed by atoms with van der Waals surface area (Å²) in [5.41, 5.74) is 0.683. The molecule has 0 radical (unpaired) electrons. The van der Waals surface area contributed by atoms with E-state index in [9.17, 15) is 17.6 Å². The van der Waals surface area contributed by atoms with E-state index >= 15 is 4.39 Å². The number of hydrogen-bond acceptors (Lipinski definition) is 6. The van der Waals surface area contributed by atoms with Gasteiger partial charge in [-0.05, 0) is 51.3 Å². The molecule has 3 rings (SSSR count). The van der Waals surface area contributed by atoms with Gasteiger partial charge in [0, 0.05) is 30.3 Å². The number of sulfonamides is 1. The third-order valence-electron chi connectivity index (χ3n) is 6.29. The summed E-state index contributed by atoms with van der Waals surface area (Å²) in [5, 5.41) is 3.23. The Kier molecular flexibility index (Phi) is 9.72. The van der Waals surface area contributed by atoms with Crippen molar-refractivity contribution in [3.63, 3.8) is 0 Å². The maximum Gasteiger partial charge on any atom is 0.410 e. The Bertz CT molecular complexity index is 1220. The maximum absolute atomic E-state index is 15.8. The second kappa shape index (κ2) is 12.4. The van der Waals surface area contributed by atoms with Gasteiger partial charge in [0.1, 0.15) is 23.8 Å². The van der Waals surface area contributed by atoms with Crippen molar-refractivity contribution in [3.8, 4) is 16.9 Å². The van der Waals surface area contributed by atoms with Gasteiger partial charge in [-0.15, -0.1) is 0 Å². The number of carbonyl (C=O) groups excluding carboxylic acids is 1. The summed E-state index contributed by atoms with van der Waals surface area (Å²) in [6.07, 6.45) is -0.247. The largest absolute Gasteiger partial charge is 0.491 e. The van der Waals surface area contributed by atoms with E-state index in [-0.39, 0.29) is 25.5 Å². The number of para-hydroxylation sites is 1. The Morgan fingerprint density at radius 3 is 2.53 bits per heavy atom. The van der Waals surface area contributed by atoms with Crippen LogP contribution in [-0.2, 0) is 21.2 Å². The van der Waals surface area contributed by atoms with Gasteiger partial charge in [0.05, 0.1) is 6.54 Å². The highest BCUT2D eigenvalue weighted by molar-refractivity contribution is 7.89. The average Bonchev–Trinajstić information content (AvgIpc) is 3.18. The molecule has 1 aliphatic heterocycles. The summed E-state index contributed by atoms with van der Waals surface area (Å²) in [6.45, 7) is 8.21. The number of amides is 1. The highest BCUT2D eigenvalue weighted by atomic mass is 32.2. The topological polar surface area (TPSA) is 97.0 Å². The lowest BCUT2D eigenvalue weighted by Crippen LogP contribution is -2.47. The van der Waals surface area contributed by atoms with Crippen molar-refractivity contribution >= 4 is 16.1 Å². The molecular weight excluding hydrogens is 516 g/mol. The summed E-state index contributed by atoms with van der Waals surface area (Å²) < 4.78 is 66.1. The fraction of sp³-hybridized carbons (Fsp3) is 0.519. The molecule has 0 saturated carbocycles. The van der Waals surface area contributed by atoms with Crippen LogP contribution in [0.2, 0.25) is 0 Å². The molecule has 0 bridgehead atoms. The smallest absolute Gasteiger partial charge is 0.410 e. The summed E-state index contributed by atoms with van der Waals surface area (Å²) in [6, 6.07) is 9.64. The number of rotatable bonds is 10. The lowest BCUT2D eigenvalue weighted by molar-refractivity contribution is 0.0278. The van der Waals surface area contributed by atoms with Gasteiger partial charge in [-0.3, -0.25) is 0 Å². The standard InChI is InChI=1S/C27H37F2N3O5S/c1-18-16-30-22(25(18)31-38(34,35)17-28)15-19-9-8-11-21(24(19)29)20-10-6-7-12-23(20)36-14-13-32(5)26(33)37-27(2,3)4/h6-12,18,22,25,30-31H,13-17H2,1-5H3. The first kappa shape index (κ1) is 29.8. The van der Waals surface area contributed by atoms with Gasteiger partial charge < -0.3 is 19.7 Å². The normalized spacial score (nSPS) is 19.8. The van der Waals surface area contributed by atoms with Gasteiger partial charge in [-0.1, -0.05) is 43.3 Å². The Labute approximate surface area is 223 Å². The van der Waals surface area contributed by atoms with Crippen LogP contribution in [0.25, 0.3) is 11.1 Å². The van der Waals surface area contributed by atoms with Crippen LogP contribution in [0.5, 0.6) is 5.75 Å². The molecule has 2 aromatic rings. The van der Waals surface area contributed by atoms with Crippen molar-refractivity contribution < 1.29 is 31.5 Å². The number of ether oxygens (including phenoxy) is 2. The minimum Gasteiger partial charge on any atom is -0.491 e. The molecular formula is C27H37F2N3O5S. The van der Waals surface area contributed by atoms with Gasteiger partial charge in [0.15, 0.2) is 0 Å². The van der Waals surface area contributed by atoms with Crippen LogP contribution >= 0.6 is 0 Å². The molecule has 11 heteroatoms. The van der Waals surface area contributed by atoms with E-state index in [0.29, 0.717) is 29.0 Å². The van der Waals surface area contributed by atoms with Gasteiger partial charge in [-0.25, -0.2) is 26.7 Å². The molecule has 2 N–H and O–H groups in total. The Morgan fingerprint density at radius 2 is 1.84 bits per heavy atom. The molecule has 3 unspecified atom stereocenters. The highest BCUT2D eigenvalue weighted by Gasteiger charge is 2.36. The molecule has 0 aromatic heterocycles. The van der Waals surface area contributed by atoms with Crippen LogP contribution in [-0.4, -0.2) is 69.8 Å². The predicted molar refractivity (Wildman–Crippen MR) is 143 cm³/mol. The summed E-state index contributed by atoms with van der Waals surface area (Å²) in [7, 11) is -2.44. The second-order valence-electron chi connectivity index (χ2n) is 10.6. The Morgan fingerprint density at radius 1 is 1.16 bits per heavy atom. The number of likely N-dealkylation sites (N-methyl/N-ethyl adjacent to an activating group) is 1. The zero-order chi connectivity index (χ0) is 28.1. The van der Waals surface area contributed by atoms with Gasteiger partial charge >= 0.3 is 6.09 Å². The van der Waals surface area contributed by atoms with Crippen molar-refractivity contribution in [1.29, 1.82) is 0 Å². The summed E-state index contributed by atoms with van der Waals surface area (Å²) in [4.78, 5) is 13.6. The second-order valence-corrected chi connectivity index (χ2v) is 12.3.